The molecule has 0 radical (unpaired) electrons. The van der Waals surface area contributed by atoms with Gasteiger partial charge in [-0.3, -0.25) is 4.79 Å². The van der Waals surface area contributed by atoms with Crippen molar-refractivity contribution in [1.29, 1.82) is 0 Å². The zero-order valence-electron chi connectivity index (χ0n) is 14.3. The highest BCUT2D eigenvalue weighted by Crippen LogP contribution is 2.41. The Morgan fingerprint density at radius 2 is 2.00 bits per heavy atom. The smallest absolute Gasteiger partial charge is 0.410 e. The number of hydrogen-bond acceptors (Lipinski definition) is 4. The largest absolute Gasteiger partial charge is 0.497 e. The summed E-state index contributed by atoms with van der Waals surface area (Å²) in [5.41, 5.74) is 0.760. The van der Waals surface area contributed by atoms with Crippen LogP contribution in [-0.2, 0) is 4.74 Å². The van der Waals surface area contributed by atoms with E-state index in [4.69, 9.17) is 21.1 Å². The zero-order chi connectivity index (χ0) is 17.6. The summed E-state index contributed by atoms with van der Waals surface area (Å²) in [5, 5.41) is 0.382. The summed E-state index contributed by atoms with van der Waals surface area (Å²) >= 11 is 6.27. The lowest BCUT2D eigenvalue weighted by Gasteiger charge is -2.38. The molecule has 1 saturated heterocycles. The van der Waals surface area contributed by atoms with Crippen molar-refractivity contribution < 1.29 is 19.1 Å². The monoisotopic (exact) mass is 352 g/mol. The molecule has 1 fully saturated rings. The van der Waals surface area contributed by atoms with Gasteiger partial charge in [-0.1, -0.05) is 11.6 Å². The van der Waals surface area contributed by atoms with E-state index in [9.17, 15) is 9.59 Å². The van der Waals surface area contributed by atoms with Gasteiger partial charge in [0.15, 0.2) is 0 Å². The lowest BCUT2D eigenvalue weighted by molar-refractivity contribution is 0.00657. The van der Waals surface area contributed by atoms with E-state index in [-0.39, 0.29) is 18.0 Å². The molecule has 6 nitrogen and oxygen atoms in total. The first-order valence-corrected chi connectivity index (χ1v) is 8.25. The molecule has 0 unspecified atom stereocenters. The quantitative estimate of drug-likeness (QED) is 0.779. The summed E-state index contributed by atoms with van der Waals surface area (Å²) in [4.78, 5) is 28.4. The molecule has 1 aromatic rings. The van der Waals surface area contributed by atoms with Crippen LogP contribution in [0.2, 0.25) is 5.02 Å². The second-order valence-electron chi connectivity index (χ2n) is 7.01. The molecular formula is C17H21ClN2O4. The van der Waals surface area contributed by atoms with Crippen LogP contribution in [0.4, 0.5) is 4.79 Å². The highest BCUT2D eigenvalue weighted by Gasteiger charge is 2.43. The van der Waals surface area contributed by atoms with E-state index >= 15 is 0 Å². The molecule has 0 N–H and O–H groups in total. The summed E-state index contributed by atoms with van der Waals surface area (Å²) in [6.45, 7) is 6.79. The average molecular weight is 353 g/mol. The van der Waals surface area contributed by atoms with Crippen molar-refractivity contribution in [2.45, 2.75) is 32.4 Å². The van der Waals surface area contributed by atoms with Crippen LogP contribution < -0.4 is 4.74 Å². The van der Waals surface area contributed by atoms with Gasteiger partial charge in [0.1, 0.15) is 11.4 Å². The van der Waals surface area contributed by atoms with Gasteiger partial charge in [-0.15, -0.1) is 0 Å². The molecule has 2 aliphatic rings. The summed E-state index contributed by atoms with van der Waals surface area (Å²) in [6.07, 6.45) is -0.364. The number of ether oxygens (including phenoxy) is 2. The number of halogens is 1. The molecule has 1 atom stereocenters. The molecule has 0 aliphatic carbocycles. The molecule has 2 amide bonds. The Balaban J connectivity index is 1.88. The number of amides is 2. The SMILES string of the molecule is COc1cc(Cl)c2c(c1)[C@H]1CN(C(=O)OC(C)(C)C)CCN1C2=O. The molecule has 0 aromatic heterocycles. The Labute approximate surface area is 146 Å². The summed E-state index contributed by atoms with van der Waals surface area (Å²) in [5.74, 6) is 0.509. The van der Waals surface area contributed by atoms with E-state index in [1.165, 1.54) is 0 Å². The molecule has 0 bridgehead atoms. The van der Waals surface area contributed by atoms with Crippen LogP contribution in [0.1, 0.15) is 42.7 Å². The highest BCUT2D eigenvalue weighted by atomic mass is 35.5. The van der Waals surface area contributed by atoms with E-state index in [1.54, 1.807) is 23.0 Å². The molecular weight excluding hydrogens is 332 g/mol. The maximum atomic E-state index is 12.6. The maximum Gasteiger partial charge on any atom is 0.410 e. The first-order chi connectivity index (χ1) is 11.2. The van der Waals surface area contributed by atoms with Crippen molar-refractivity contribution in [2.24, 2.45) is 0 Å². The van der Waals surface area contributed by atoms with Crippen molar-refractivity contribution in [3.63, 3.8) is 0 Å². The first kappa shape index (κ1) is 16.9. The third-order valence-corrected chi connectivity index (χ3v) is 4.49. The topological polar surface area (TPSA) is 59.1 Å². The molecule has 2 heterocycles. The summed E-state index contributed by atoms with van der Waals surface area (Å²) in [6, 6.07) is 3.24. The van der Waals surface area contributed by atoms with Crippen molar-refractivity contribution >= 4 is 23.6 Å². The number of carbonyl (C=O) groups excluding carboxylic acids is 2. The molecule has 0 saturated carbocycles. The standard InChI is InChI=1S/C17H21ClN2O4/c1-17(2,3)24-16(22)19-5-6-20-13(9-19)11-7-10(23-4)8-12(18)14(11)15(20)21/h7-8,13H,5-6,9H2,1-4H3/t13-/m1/s1. The minimum Gasteiger partial charge on any atom is -0.497 e. The van der Waals surface area contributed by atoms with Crippen LogP contribution in [0.15, 0.2) is 12.1 Å². The molecule has 3 rings (SSSR count). The van der Waals surface area contributed by atoms with E-state index in [0.717, 1.165) is 5.56 Å². The van der Waals surface area contributed by atoms with Crippen molar-refractivity contribution in [2.75, 3.05) is 26.7 Å². The first-order valence-electron chi connectivity index (χ1n) is 7.87. The average Bonchev–Trinajstić information content (AvgIpc) is 2.78. The Bertz CT molecular complexity index is 699. The number of rotatable bonds is 1. The number of benzene rings is 1. The molecule has 0 spiro atoms. The van der Waals surface area contributed by atoms with Crippen molar-refractivity contribution in [3.8, 4) is 5.75 Å². The zero-order valence-corrected chi connectivity index (χ0v) is 15.0. The predicted molar refractivity (Wildman–Crippen MR) is 89.6 cm³/mol. The Hall–Kier alpha value is -1.95. The third-order valence-electron chi connectivity index (χ3n) is 4.20. The van der Waals surface area contributed by atoms with Crippen LogP contribution in [0, 0.1) is 0 Å². The molecule has 24 heavy (non-hydrogen) atoms. The van der Waals surface area contributed by atoms with Gasteiger partial charge in [-0.2, -0.15) is 0 Å². The highest BCUT2D eigenvalue weighted by molar-refractivity contribution is 6.34. The van der Waals surface area contributed by atoms with E-state index in [0.29, 0.717) is 36.0 Å². The molecule has 1 aromatic carbocycles. The van der Waals surface area contributed by atoms with Crippen LogP contribution in [0.5, 0.6) is 5.75 Å². The fourth-order valence-corrected chi connectivity index (χ4v) is 3.43. The van der Waals surface area contributed by atoms with Gasteiger partial charge in [0.05, 0.1) is 23.7 Å². The minimum absolute atomic E-state index is 0.0912. The fourth-order valence-electron chi connectivity index (χ4n) is 3.14. The molecule has 2 aliphatic heterocycles. The van der Waals surface area contributed by atoms with E-state index in [1.807, 2.05) is 26.8 Å². The second kappa shape index (κ2) is 5.84. The van der Waals surface area contributed by atoms with Gasteiger partial charge in [-0.25, -0.2) is 4.79 Å². The van der Waals surface area contributed by atoms with Gasteiger partial charge >= 0.3 is 6.09 Å². The number of methoxy groups -OCH3 is 1. The van der Waals surface area contributed by atoms with Gasteiger partial charge in [-0.05, 0) is 38.5 Å². The minimum atomic E-state index is -0.551. The van der Waals surface area contributed by atoms with Crippen LogP contribution in [-0.4, -0.2) is 54.1 Å². The van der Waals surface area contributed by atoms with E-state index in [2.05, 4.69) is 0 Å². The van der Waals surface area contributed by atoms with Crippen molar-refractivity contribution in [1.82, 2.24) is 9.80 Å². The Morgan fingerprint density at radius 3 is 2.62 bits per heavy atom. The number of hydrogen-bond donors (Lipinski definition) is 0. The lowest BCUT2D eigenvalue weighted by Crippen LogP contribution is -2.50. The number of piperazine rings is 1. The normalized spacial score (nSPS) is 19.9. The summed E-state index contributed by atoms with van der Waals surface area (Å²) in [7, 11) is 1.56. The van der Waals surface area contributed by atoms with Gasteiger partial charge in [0.25, 0.3) is 5.91 Å². The van der Waals surface area contributed by atoms with Crippen molar-refractivity contribution in [3.05, 3.63) is 28.3 Å². The maximum absolute atomic E-state index is 12.6. The number of nitrogens with zero attached hydrogens (tertiary/aromatic N) is 2. The molecule has 130 valence electrons. The predicted octanol–water partition coefficient (Wildman–Crippen LogP) is 3.10. The third kappa shape index (κ3) is 2.90. The number of fused-ring (bicyclic) bond motifs is 3. The summed E-state index contributed by atoms with van der Waals surface area (Å²) < 4.78 is 10.7. The van der Waals surface area contributed by atoms with E-state index < -0.39 is 5.60 Å². The second-order valence-corrected chi connectivity index (χ2v) is 7.42. The number of carbonyl (C=O) groups is 2. The lowest BCUT2D eigenvalue weighted by atomic mass is 10.0. The Morgan fingerprint density at radius 1 is 1.29 bits per heavy atom. The van der Waals surface area contributed by atoms with Crippen LogP contribution in [0.3, 0.4) is 0 Å². The van der Waals surface area contributed by atoms with Gasteiger partial charge in [0, 0.05) is 19.6 Å². The van der Waals surface area contributed by atoms with Gasteiger partial charge < -0.3 is 19.3 Å². The fraction of sp³-hybridized carbons (Fsp3) is 0.529. The van der Waals surface area contributed by atoms with Gasteiger partial charge in [0.2, 0.25) is 0 Å². The Kier molecular flexibility index (Phi) is 4.11. The van der Waals surface area contributed by atoms with Crippen LogP contribution in [0.25, 0.3) is 0 Å². The van der Waals surface area contributed by atoms with Crippen LogP contribution >= 0.6 is 11.6 Å². The molecule has 7 heteroatoms.